The highest BCUT2D eigenvalue weighted by molar-refractivity contribution is 7.92. The maximum Gasteiger partial charge on any atom is 0.273 e. The fourth-order valence-electron chi connectivity index (χ4n) is 5.26. The zero-order valence-electron chi connectivity index (χ0n) is 28.3. The number of carbonyl (C=O) groups excluding carboxylic acids is 2. The van der Waals surface area contributed by atoms with Gasteiger partial charge in [0.15, 0.2) is 0 Å². The number of amides is 2. The van der Waals surface area contributed by atoms with Crippen molar-refractivity contribution in [2.45, 2.75) is 44.7 Å². The van der Waals surface area contributed by atoms with Crippen molar-refractivity contribution in [2.24, 2.45) is 5.92 Å². The van der Waals surface area contributed by atoms with Crippen LogP contribution in [0.15, 0.2) is 89.8 Å². The number of rotatable bonds is 15. The number of nitrogens with one attached hydrogen (secondary N) is 1. The number of nitro benzene ring substituents is 1. The fraction of sp³-hybridized carbons (Fsp3) is 0.278. The molecule has 0 saturated heterocycles. The number of sulfonamides is 1. The first-order valence-corrected chi connectivity index (χ1v) is 18.4. The Morgan fingerprint density at radius 2 is 1.63 bits per heavy atom. The standard InChI is InChI=1S/C36H37Cl3N4O7S/c1-23(2)20-40-36(45)33(17-25-8-6-5-7-9-25)41(21-26-11-14-29(38)30(39)16-26)35(44)22-42(32-18-27(37)12-15-34(32)50-4)51(48,49)28-13-10-24(3)31(19-28)43(46)47/h5-16,18-19,23,33H,17,20-22H2,1-4H3,(H,40,45)/t33-/m0/s1. The molecule has 0 unspecified atom stereocenters. The molecule has 0 radical (unpaired) electrons. The van der Waals surface area contributed by atoms with Crippen LogP contribution < -0.4 is 14.4 Å². The monoisotopic (exact) mass is 774 g/mol. The second-order valence-corrected chi connectivity index (χ2v) is 15.3. The highest BCUT2D eigenvalue weighted by atomic mass is 35.5. The van der Waals surface area contributed by atoms with Gasteiger partial charge in [0.05, 0.1) is 32.7 Å². The molecule has 0 fully saturated rings. The molecule has 0 saturated carbocycles. The Morgan fingerprint density at radius 1 is 0.922 bits per heavy atom. The third kappa shape index (κ3) is 9.91. The quantitative estimate of drug-likeness (QED) is 0.0976. The molecule has 4 aromatic carbocycles. The number of carbonyl (C=O) groups is 2. The molecule has 11 nitrogen and oxygen atoms in total. The highest BCUT2D eigenvalue weighted by Crippen LogP contribution is 2.36. The molecule has 0 aliphatic heterocycles. The van der Waals surface area contributed by atoms with Crippen LogP contribution in [0.4, 0.5) is 11.4 Å². The summed E-state index contributed by atoms with van der Waals surface area (Å²) in [6.07, 6.45) is 0.0925. The number of methoxy groups -OCH3 is 1. The smallest absolute Gasteiger partial charge is 0.273 e. The van der Waals surface area contributed by atoms with Gasteiger partial charge in [-0.2, -0.15) is 0 Å². The van der Waals surface area contributed by atoms with Gasteiger partial charge in [0, 0.05) is 36.2 Å². The molecule has 0 heterocycles. The normalized spacial score (nSPS) is 11.9. The number of hydrogen-bond donors (Lipinski definition) is 1. The molecule has 4 rings (SSSR count). The van der Waals surface area contributed by atoms with Gasteiger partial charge in [0.2, 0.25) is 11.8 Å². The zero-order valence-corrected chi connectivity index (χ0v) is 31.4. The minimum atomic E-state index is -4.71. The lowest BCUT2D eigenvalue weighted by Crippen LogP contribution is -2.53. The summed E-state index contributed by atoms with van der Waals surface area (Å²) in [7, 11) is -3.39. The summed E-state index contributed by atoms with van der Waals surface area (Å²) in [4.78, 5) is 40.7. The third-order valence-electron chi connectivity index (χ3n) is 7.95. The molecule has 1 atom stereocenters. The number of halogens is 3. The number of hydrogen-bond acceptors (Lipinski definition) is 7. The summed E-state index contributed by atoms with van der Waals surface area (Å²) in [6, 6.07) is 20.5. The van der Waals surface area contributed by atoms with Crippen LogP contribution in [0.3, 0.4) is 0 Å². The van der Waals surface area contributed by atoms with Gasteiger partial charge < -0.3 is 15.0 Å². The summed E-state index contributed by atoms with van der Waals surface area (Å²) >= 11 is 18.9. The van der Waals surface area contributed by atoms with Crippen molar-refractivity contribution < 1.29 is 27.7 Å². The van der Waals surface area contributed by atoms with E-state index in [-0.39, 0.29) is 51.0 Å². The van der Waals surface area contributed by atoms with Crippen LogP contribution in [0.5, 0.6) is 5.75 Å². The lowest BCUT2D eigenvalue weighted by molar-refractivity contribution is -0.385. The Kier molecular flexibility index (Phi) is 13.3. The Balaban J connectivity index is 1.90. The van der Waals surface area contributed by atoms with E-state index >= 15 is 0 Å². The van der Waals surface area contributed by atoms with Gasteiger partial charge >= 0.3 is 0 Å². The summed E-state index contributed by atoms with van der Waals surface area (Å²) in [5.74, 6) is -1.07. The number of nitrogens with zero attached hydrogens (tertiary/aromatic N) is 3. The van der Waals surface area contributed by atoms with Crippen LogP contribution >= 0.6 is 34.8 Å². The van der Waals surface area contributed by atoms with Crippen molar-refractivity contribution in [3.63, 3.8) is 0 Å². The van der Waals surface area contributed by atoms with Crippen molar-refractivity contribution in [1.82, 2.24) is 10.2 Å². The molecule has 270 valence electrons. The third-order valence-corrected chi connectivity index (χ3v) is 10.7. The maximum atomic E-state index is 14.7. The Morgan fingerprint density at radius 3 is 2.25 bits per heavy atom. The number of anilines is 1. The first-order valence-electron chi connectivity index (χ1n) is 15.8. The number of ether oxygens (including phenoxy) is 1. The zero-order chi connectivity index (χ0) is 37.5. The summed E-state index contributed by atoms with van der Waals surface area (Å²) in [5, 5.41) is 15.4. The highest BCUT2D eigenvalue weighted by Gasteiger charge is 2.36. The van der Waals surface area contributed by atoms with E-state index in [4.69, 9.17) is 39.5 Å². The molecule has 2 amide bonds. The van der Waals surface area contributed by atoms with E-state index < -0.39 is 49.9 Å². The van der Waals surface area contributed by atoms with Crippen LogP contribution in [0.2, 0.25) is 15.1 Å². The Bertz CT molecular complexity index is 2010. The van der Waals surface area contributed by atoms with E-state index in [1.807, 2.05) is 44.2 Å². The van der Waals surface area contributed by atoms with E-state index in [0.29, 0.717) is 12.1 Å². The van der Waals surface area contributed by atoms with E-state index in [0.717, 1.165) is 15.9 Å². The lowest BCUT2D eigenvalue weighted by Gasteiger charge is -2.34. The number of benzene rings is 4. The van der Waals surface area contributed by atoms with Gasteiger partial charge in [-0.15, -0.1) is 0 Å². The van der Waals surface area contributed by atoms with Crippen LogP contribution in [-0.4, -0.2) is 56.3 Å². The largest absolute Gasteiger partial charge is 0.495 e. The van der Waals surface area contributed by atoms with Gasteiger partial charge in [-0.1, -0.05) is 91.1 Å². The predicted molar refractivity (Wildman–Crippen MR) is 199 cm³/mol. The summed E-state index contributed by atoms with van der Waals surface area (Å²) in [5.41, 5.74) is 0.996. The summed E-state index contributed by atoms with van der Waals surface area (Å²) in [6.45, 7) is 4.67. The topological polar surface area (TPSA) is 139 Å². The first-order chi connectivity index (χ1) is 24.1. The first kappa shape index (κ1) is 39.4. The van der Waals surface area contributed by atoms with Gasteiger partial charge in [-0.25, -0.2) is 8.42 Å². The molecular formula is C36H37Cl3N4O7S. The molecule has 0 aliphatic rings. The molecule has 15 heteroatoms. The van der Waals surface area contributed by atoms with Gasteiger partial charge in [0.1, 0.15) is 18.3 Å². The van der Waals surface area contributed by atoms with Crippen LogP contribution in [-0.2, 0) is 32.6 Å². The van der Waals surface area contributed by atoms with E-state index in [2.05, 4.69) is 5.32 Å². The second-order valence-electron chi connectivity index (χ2n) is 12.1. The second kappa shape index (κ2) is 17.2. The SMILES string of the molecule is COc1ccc(Cl)cc1N(CC(=O)N(Cc1ccc(Cl)c(Cl)c1)[C@@H](Cc1ccccc1)C(=O)NCC(C)C)S(=O)(=O)c1ccc(C)c([N+](=O)[O-])c1. The van der Waals surface area contributed by atoms with Gasteiger partial charge in [-0.3, -0.25) is 24.0 Å². The fourth-order valence-corrected chi connectivity index (χ4v) is 7.18. The van der Waals surface area contributed by atoms with Crippen molar-refractivity contribution in [2.75, 3.05) is 24.5 Å². The minimum absolute atomic E-state index is 0.0592. The number of nitro groups is 1. The molecule has 51 heavy (non-hydrogen) atoms. The van der Waals surface area contributed by atoms with E-state index in [9.17, 15) is 28.1 Å². The van der Waals surface area contributed by atoms with Gasteiger partial charge in [-0.05, 0) is 60.4 Å². The van der Waals surface area contributed by atoms with Crippen LogP contribution in [0.1, 0.15) is 30.5 Å². The average molecular weight is 776 g/mol. The Labute approximate surface area is 312 Å². The molecule has 0 aliphatic carbocycles. The van der Waals surface area contributed by atoms with E-state index in [1.54, 1.807) is 18.2 Å². The van der Waals surface area contributed by atoms with Crippen molar-refractivity contribution >= 4 is 68.0 Å². The molecule has 0 aromatic heterocycles. The Hall–Kier alpha value is -4.36. The molecule has 0 spiro atoms. The average Bonchev–Trinajstić information content (AvgIpc) is 3.09. The summed E-state index contributed by atoms with van der Waals surface area (Å²) < 4.78 is 35.2. The lowest BCUT2D eigenvalue weighted by atomic mass is 10.0. The van der Waals surface area contributed by atoms with Gasteiger partial charge in [0.25, 0.3) is 15.7 Å². The maximum absolute atomic E-state index is 14.7. The van der Waals surface area contributed by atoms with Crippen LogP contribution in [0.25, 0.3) is 0 Å². The minimum Gasteiger partial charge on any atom is -0.495 e. The van der Waals surface area contributed by atoms with Crippen molar-refractivity contribution in [3.05, 3.63) is 127 Å². The van der Waals surface area contributed by atoms with Crippen molar-refractivity contribution in [1.29, 1.82) is 0 Å². The molecule has 1 N–H and O–H groups in total. The number of aryl methyl sites for hydroxylation is 1. The van der Waals surface area contributed by atoms with Crippen LogP contribution in [0, 0.1) is 23.0 Å². The molecular weight excluding hydrogens is 739 g/mol. The van der Waals surface area contributed by atoms with E-state index in [1.165, 1.54) is 49.3 Å². The molecule has 0 bridgehead atoms. The predicted octanol–water partition coefficient (Wildman–Crippen LogP) is 7.48. The van der Waals surface area contributed by atoms with Crippen molar-refractivity contribution in [3.8, 4) is 5.75 Å². The molecule has 4 aromatic rings.